The zero-order valence-electron chi connectivity index (χ0n) is 16.2. The number of carbonyl (C=O) groups excluding carboxylic acids is 1. The highest BCUT2D eigenvalue weighted by Crippen LogP contribution is 2.44. The van der Waals surface area contributed by atoms with E-state index in [0.29, 0.717) is 13.1 Å². The van der Waals surface area contributed by atoms with Gasteiger partial charge in [0.2, 0.25) is 5.91 Å². The van der Waals surface area contributed by atoms with Gasteiger partial charge in [-0.1, -0.05) is 61.2 Å². The molecule has 142 valence electrons. The molecule has 1 atom stereocenters. The molecule has 0 spiro atoms. The molecular weight excluding hydrogens is 366 g/mol. The predicted octanol–water partition coefficient (Wildman–Crippen LogP) is 4.78. The molecule has 0 radical (unpaired) electrons. The molecule has 4 rings (SSSR count). The molecule has 2 aliphatic heterocycles. The van der Waals surface area contributed by atoms with Gasteiger partial charge in [0, 0.05) is 18.0 Å². The van der Waals surface area contributed by atoms with Crippen LogP contribution in [0.25, 0.3) is 0 Å². The van der Waals surface area contributed by atoms with Crippen molar-refractivity contribution in [3.05, 3.63) is 75.8 Å². The van der Waals surface area contributed by atoms with Gasteiger partial charge in [-0.05, 0) is 36.1 Å². The van der Waals surface area contributed by atoms with Gasteiger partial charge in [0.25, 0.3) is 0 Å². The standard InChI is InChI=1S/C23H23N3OS/c1-3-17-9-5-7-11-21(17)25-14-26-22(27)12-19(18-10-6-4-8-16(18)2)20(13-24)23(26)28-15-25/h4-11,19H,3,12,14-15H2,1-2H3/t19-/m1/s1. The zero-order chi connectivity index (χ0) is 19.7. The van der Waals surface area contributed by atoms with Crippen LogP contribution in [-0.2, 0) is 11.2 Å². The Morgan fingerprint density at radius 3 is 2.68 bits per heavy atom. The maximum absolute atomic E-state index is 13.1. The zero-order valence-corrected chi connectivity index (χ0v) is 17.0. The average Bonchev–Trinajstić information content (AvgIpc) is 2.74. The Hall–Kier alpha value is -2.71. The highest BCUT2D eigenvalue weighted by Gasteiger charge is 2.38. The summed E-state index contributed by atoms with van der Waals surface area (Å²) in [5.41, 5.74) is 5.38. The van der Waals surface area contributed by atoms with Crippen LogP contribution in [0.4, 0.5) is 5.69 Å². The van der Waals surface area contributed by atoms with Crippen LogP contribution in [0.3, 0.4) is 0 Å². The van der Waals surface area contributed by atoms with Gasteiger partial charge in [0.1, 0.15) is 0 Å². The molecule has 1 saturated heterocycles. The highest BCUT2D eigenvalue weighted by molar-refractivity contribution is 8.03. The van der Waals surface area contributed by atoms with Crippen LogP contribution in [0.15, 0.2) is 59.1 Å². The van der Waals surface area contributed by atoms with Crippen molar-refractivity contribution in [2.75, 3.05) is 17.4 Å². The van der Waals surface area contributed by atoms with Crippen molar-refractivity contribution >= 4 is 23.4 Å². The second-order valence-corrected chi connectivity index (χ2v) is 8.14. The van der Waals surface area contributed by atoms with Crippen molar-refractivity contribution in [1.29, 1.82) is 5.26 Å². The van der Waals surface area contributed by atoms with Gasteiger partial charge < -0.3 is 4.90 Å². The summed E-state index contributed by atoms with van der Waals surface area (Å²) in [5.74, 6) is 0.683. The fraction of sp³-hybridized carbons (Fsp3) is 0.304. The molecule has 2 heterocycles. The van der Waals surface area contributed by atoms with Crippen LogP contribution in [0, 0.1) is 18.3 Å². The maximum atomic E-state index is 13.1. The number of hydrogen-bond acceptors (Lipinski definition) is 4. The first-order chi connectivity index (χ1) is 13.6. The molecule has 0 bridgehead atoms. The lowest BCUT2D eigenvalue weighted by molar-refractivity contribution is -0.129. The minimum absolute atomic E-state index is 0.0911. The van der Waals surface area contributed by atoms with Crippen molar-refractivity contribution in [2.24, 2.45) is 0 Å². The first-order valence-electron chi connectivity index (χ1n) is 9.59. The first kappa shape index (κ1) is 18.6. The molecule has 1 fully saturated rings. The van der Waals surface area contributed by atoms with Gasteiger partial charge in [-0.15, -0.1) is 0 Å². The third-order valence-corrected chi connectivity index (χ3v) is 6.73. The maximum Gasteiger partial charge on any atom is 0.229 e. The number of fused-ring (bicyclic) bond motifs is 1. The molecule has 2 aromatic rings. The fourth-order valence-corrected chi connectivity index (χ4v) is 5.23. The molecule has 1 amide bonds. The summed E-state index contributed by atoms with van der Waals surface area (Å²) in [6, 6.07) is 18.8. The monoisotopic (exact) mass is 389 g/mol. The molecule has 0 unspecified atom stereocenters. The molecule has 0 N–H and O–H groups in total. The van der Waals surface area contributed by atoms with Crippen LogP contribution >= 0.6 is 11.8 Å². The third kappa shape index (κ3) is 3.18. The summed E-state index contributed by atoms with van der Waals surface area (Å²) in [7, 11) is 0. The minimum Gasteiger partial charge on any atom is -0.343 e. The smallest absolute Gasteiger partial charge is 0.229 e. The first-order valence-corrected chi connectivity index (χ1v) is 10.6. The summed E-state index contributed by atoms with van der Waals surface area (Å²) in [6.07, 6.45) is 1.30. The number of amides is 1. The Morgan fingerprint density at radius 1 is 1.18 bits per heavy atom. The van der Waals surface area contributed by atoms with E-state index >= 15 is 0 Å². The Labute approximate surface area is 170 Å². The number of allylic oxidation sites excluding steroid dienone is 1. The van der Waals surface area contributed by atoms with Crippen molar-refractivity contribution in [3.8, 4) is 6.07 Å². The number of nitriles is 1. The van der Waals surface area contributed by atoms with Crippen LogP contribution in [0.5, 0.6) is 0 Å². The van der Waals surface area contributed by atoms with E-state index in [1.165, 1.54) is 11.3 Å². The van der Waals surface area contributed by atoms with Crippen molar-refractivity contribution in [1.82, 2.24) is 4.90 Å². The molecule has 0 saturated carbocycles. The number of thioether (sulfide) groups is 1. The summed E-state index contributed by atoms with van der Waals surface area (Å²) >= 11 is 1.60. The largest absolute Gasteiger partial charge is 0.343 e. The lowest BCUT2D eigenvalue weighted by Crippen LogP contribution is -2.47. The van der Waals surface area contributed by atoms with Crippen molar-refractivity contribution in [3.63, 3.8) is 0 Å². The SMILES string of the molecule is CCc1ccccc1N1CSC2=C(C#N)[C@@H](c3ccccc3C)CC(=O)N2C1. The molecule has 2 aromatic carbocycles. The van der Waals surface area contributed by atoms with Crippen molar-refractivity contribution < 1.29 is 4.79 Å². The summed E-state index contributed by atoms with van der Waals surface area (Å²) in [6.45, 7) is 4.70. The van der Waals surface area contributed by atoms with Crippen molar-refractivity contribution in [2.45, 2.75) is 32.6 Å². The molecule has 28 heavy (non-hydrogen) atoms. The lowest BCUT2D eigenvalue weighted by Gasteiger charge is -2.42. The predicted molar refractivity (Wildman–Crippen MR) is 114 cm³/mol. The topological polar surface area (TPSA) is 47.3 Å². The second-order valence-electron chi connectivity index (χ2n) is 7.20. The molecule has 0 aliphatic carbocycles. The normalized spacial score (nSPS) is 19.5. The number of nitrogens with zero attached hydrogens (tertiary/aromatic N) is 3. The van der Waals surface area contributed by atoms with Gasteiger partial charge in [-0.3, -0.25) is 9.69 Å². The van der Waals surface area contributed by atoms with Crippen LogP contribution < -0.4 is 4.90 Å². The number of rotatable bonds is 3. The van der Waals surface area contributed by atoms with E-state index in [-0.39, 0.29) is 11.8 Å². The highest BCUT2D eigenvalue weighted by atomic mass is 32.2. The van der Waals surface area contributed by atoms with Gasteiger partial charge in [0.15, 0.2) is 0 Å². The van der Waals surface area contributed by atoms with Gasteiger partial charge >= 0.3 is 0 Å². The Balaban J connectivity index is 1.69. The average molecular weight is 390 g/mol. The molecule has 5 heteroatoms. The van der Waals surface area contributed by atoms with E-state index in [1.807, 2.05) is 37.3 Å². The number of anilines is 1. The fourth-order valence-electron chi connectivity index (χ4n) is 4.08. The molecule has 4 nitrogen and oxygen atoms in total. The van der Waals surface area contributed by atoms with E-state index in [0.717, 1.165) is 34.0 Å². The second kappa shape index (κ2) is 7.73. The lowest BCUT2D eigenvalue weighted by atomic mass is 9.84. The summed E-state index contributed by atoms with van der Waals surface area (Å²) in [5, 5.41) is 10.8. The van der Waals surface area contributed by atoms with Crippen LogP contribution in [0.1, 0.15) is 36.0 Å². The van der Waals surface area contributed by atoms with Gasteiger partial charge in [-0.25, -0.2) is 0 Å². The Bertz CT molecular complexity index is 991. The van der Waals surface area contributed by atoms with E-state index in [2.05, 4.69) is 36.1 Å². The summed E-state index contributed by atoms with van der Waals surface area (Å²) < 4.78 is 0. The summed E-state index contributed by atoms with van der Waals surface area (Å²) in [4.78, 5) is 17.1. The van der Waals surface area contributed by atoms with Crippen LogP contribution in [-0.4, -0.2) is 23.4 Å². The van der Waals surface area contributed by atoms with E-state index in [9.17, 15) is 10.1 Å². The van der Waals surface area contributed by atoms with Gasteiger partial charge in [0.05, 0.1) is 29.2 Å². The molecule has 0 aromatic heterocycles. The Morgan fingerprint density at radius 2 is 1.93 bits per heavy atom. The van der Waals surface area contributed by atoms with Gasteiger partial charge in [-0.2, -0.15) is 5.26 Å². The van der Waals surface area contributed by atoms with Crippen LogP contribution in [0.2, 0.25) is 0 Å². The quantitative estimate of drug-likeness (QED) is 0.758. The minimum atomic E-state index is -0.146. The van der Waals surface area contributed by atoms with E-state index < -0.39 is 0 Å². The van der Waals surface area contributed by atoms with E-state index in [1.54, 1.807) is 16.7 Å². The van der Waals surface area contributed by atoms with E-state index in [4.69, 9.17) is 0 Å². The number of benzene rings is 2. The number of aryl methyl sites for hydroxylation is 2. The number of hydrogen-bond donors (Lipinski definition) is 0. The number of para-hydroxylation sites is 1. The number of carbonyl (C=O) groups is 1. The molecule has 2 aliphatic rings. The molecular formula is C23H23N3OS. The Kier molecular flexibility index (Phi) is 5.15. The third-order valence-electron chi connectivity index (χ3n) is 5.57.